The molecule has 2 aromatic rings. The van der Waals surface area contributed by atoms with Crippen molar-refractivity contribution in [3.8, 4) is 0 Å². The molecule has 116 valence electrons. The van der Waals surface area contributed by atoms with Gasteiger partial charge in [-0.1, -0.05) is 23.7 Å². The van der Waals surface area contributed by atoms with Crippen LogP contribution < -0.4 is 4.72 Å². The van der Waals surface area contributed by atoms with Crippen molar-refractivity contribution in [1.82, 2.24) is 0 Å². The Hall–Kier alpha value is -2.05. The summed E-state index contributed by atoms with van der Waals surface area (Å²) in [5.74, 6) is -1.18. The maximum atomic E-state index is 12.5. The van der Waals surface area contributed by atoms with Gasteiger partial charge in [0.05, 0.1) is 16.1 Å². The second kappa shape index (κ2) is 5.98. The molecule has 0 aromatic heterocycles. The summed E-state index contributed by atoms with van der Waals surface area (Å²) in [5.41, 5.74) is 1.32. The molecule has 0 aliphatic rings. The minimum atomic E-state index is -3.91. The maximum Gasteiger partial charge on any atom is 0.335 e. The minimum absolute atomic E-state index is 0.0771. The molecule has 2 rings (SSSR count). The first kappa shape index (κ1) is 16.3. The van der Waals surface area contributed by atoms with Crippen LogP contribution in [0.5, 0.6) is 0 Å². The molecule has 2 N–H and O–H groups in total. The second-order valence-electron chi connectivity index (χ2n) is 4.80. The summed E-state index contributed by atoms with van der Waals surface area (Å²) in [6.07, 6.45) is 0. The lowest BCUT2D eigenvalue weighted by Crippen LogP contribution is -2.16. The topological polar surface area (TPSA) is 83.5 Å². The standard InChI is InChI=1S/C15H14ClNO4S/c1-9-6-7-11(15(18)19)8-14(9)22(20,21)17-13-5-3-4-12(16)10(13)2/h3-8,17H,1-2H3,(H,18,19). The molecule has 0 heterocycles. The van der Waals surface area contributed by atoms with Crippen LogP contribution in [0.25, 0.3) is 0 Å². The molecule has 22 heavy (non-hydrogen) atoms. The Bertz CT molecular complexity index is 847. The first-order valence-electron chi connectivity index (χ1n) is 6.34. The molecule has 0 spiro atoms. The zero-order chi connectivity index (χ0) is 16.5. The summed E-state index contributed by atoms with van der Waals surface area (Å²) >= 11 is 5.97. The lowest BCUT2D eigenvalue weighted by molar-refractivity contribution is 0.0696. The number of carbonyl (C=O) groups is 1. The van der Waals surface area contributed by atoms with Gasteiger partial charge in [-0.15, -0.1) is 0 Å². The molecule has 7 heteroatoms. The van der Waals surface area contributed by atoms with Crippen LogP contribution in [0.1, 0.15) is 21.5 Å². The van der Waals surface area contributed by atoms with E-state index in [9.17, 15) is 13.2 Å². The summed E-state index contributed by atoms with van der Waals surface area (Å²) < 4.78 is 27.5. The highest BCUT2D eigenvalue weighted by Gasteiger charge is 2.20. The van der Waals surface area contributed by atoms with Gasteiger partial charge in [-0.25, -0.2) is 13.2 Å². The minimum Gasteiger partial charge on any atom is -0.478 e. The Kier molecular flexibility index (Phi) is 4.44. The molecule has 0 radical (unpaired) electrons. The lowest BCUT2D eigenvalue weighted by Gasteiger charge is -2.13. The number of benzene rings is 2. The third kappa shape index (κ3) is 3.23. The molecule has 2 aromatic carbocycles. The molecule has 0 aliphatic carbocycles. The van der Waals surface area contributed by atoms with Crippen molar-refractivity contribution >= 4 is 33.3 Å². The fourth-order valence-corrected chi connectivity index (χ4v) is 3.51. The van der Waals surface area contributed by atoms with Crippen molar-refractivity contribution < 1.29 is 18.3 Å². The quantitative estimate of drug-likeness (QED) is 0.893. The van der Waals surface area contributed by atoms with Crippen molar-refractivity contribution in [3.05, 3.63) is 58.1 Å². The van der Waals surface area contributed by atoms with Gasteiger partial charge in [0.25, 0.3) is 10.0 Å². The van der Waals surface area contributed by atoms with E-state index in [0.717, 1.165) is 6.07 Å². The van der Waals surface area contributed by atoms with E-state index < -0.39 is 16.0 Å². The molecule has 0 amide bonds. The predicted octanol–water partition coefficient (Wildman–Crippen LogP) is 3.46. The number of hydrogen-bond acceptors (Lipinski definition) is 3. The lowest BCUT2D eigenvalue weighted by atomic mass is 10.1. The van der Waals surface area contributed by atoms with Crippen LogP contribution in [-0.2, 0) is 10.0 Å². The van der Waals surface area contributed by atoms with E-state index in [4.69, 9.17) is 16.7 Å². The summed E-state index contributed by atoms with van der Waals surface area (Å²) in [7, 11) is -3.91. The summed E-state index contributed by atoms with van der Waals surface area (Å²) in [5, 5.41) is 9.44. The predicted molar refractivity (Wildman–Crippen MR) is 85.1 cm³/mol. The molecule has 5 nitrogen and oxygen atoms in total. The number of sulfonamides is 1. The Labute approximate surface area is 133 Å². The SMILES string of the molecule is Cc1ccc(C(=O)O)cc1S(=O)(=O)Nc1cccc(Cl)c1C. The summed E-state index contributed by atoms with van der Waals surface area (Å²) in [6, 6.07) is 8.85. The van der Waals surface area contributed by atoms with Gasteiger partial charge in [0.2, 0.25) is 0 Å². The third-order valence-electron chi connectivity index (χ3n) is 3.24. The van der Waals surface area contributed by atoms with E-state index in [1.54, 1.807) is 32.0 Å². The van der Waals surface area contributed by atoms with Gasteiger partial charge >= 0.3 is 5.97 Å². The normalized spacial score (nSPS) is 11.2. The number of rotatable bonds is 4. The first-order chi connectivity index (χ1) is 10.2. The number of halogens is 1. The summed E-state index contributed by atoms with van der Waals surface area (Å²) in [4.78, 5) is 10.9. The smallest absolute Gasteiger partial charge is 0.335 e. The van der Waals surface area contributed by atoms with Crippen LogP contribution in [0.4, 0.5) is 5.69 Å². The van der Waals surface area contributed by atoms with Crippen LogP contribution in [0.15, 0.2) is 41.3 Å². The van der Waals surface area contributed by atoms with Crippen molar-refractivity contribution in [2.24, 2.45) is 0 Å². The number of aromatic carboxylic acids is 1. The number of carboxylic acid groups (broad SMARTS) is 1. The molecular formula is C15H14ClNO4S. The first-order valence-corrected chi connectivity index (χ1v) is 8.20. The van der Waals surface area contributed by atoms with Crippen LogP contribution in [0.2, 0.25) is 5.02 Å². The van der Waals surface area contributed by atoms with E-state index >= 15 is 0 Å². The monoisotopic (exact) mass is 339 g/mol. The van der Waals surface area contributed by atoms with Crippen molar-refractivity contribution in [2.45, 2.75) is 18.7 Å². The zero-order valence-electron chi connectivity index (χ0n) is 11.9. The maximum absolute atomic E-state index is 12.5. The van der Waals surface area contributed by atoms with Gasteiger partial charge in [-0.3, -0.25) is 4.72 Å². The molecule has 0 saturated heterocycles. The third-order valence-corrected chi connectivity index (χ3v) is 5.15. The van der Waals surface area contributed by atoms with Gasteiger partial charge in [0.1, 0.15) is 0 Å². The number of aryl methyl sites for hydroxylation is 1. The Balaban J connectivity index is 2.49. The Morgan fingerprint density at radius 1 is 1.18 bits per heavy atom. The van der Waals surface area contributed by atoms with E-state index in [2.05, 4.69) is 4.72 Å². The molecular weight excluding hydrogens is 326 g/mol. The Morgan fingerprint density at radius 3 is 2.50 bits per heavy atom. The van der Waals surface area contributed by atoms with E-state index in [0.29, 0.717) is 21.8 Å². The number of carboxylic acids is 1. The van der Waals surface area contributed by atoms with Crippen LogP contribution in [0.3, 0.4) is 0 Å². The highest BCUT2D eigenvalue weighted by Crippen LogP contribution is 2.26. The highest BCUT2D eigenvalue weighted by molar-refractivity contribution is 7.92. The Morgan fingerprint density at radius 2 is 1.86 bits per heavy atom. The molecule has 0 aliphatic heterocycles. The van der Waals surface area contributed by atoms with Gasteiger partial charge in [-0.05, 0) is 49.2 Å². The van der Waals surface area contributed by atoms with Crippen LogP contribution >= 0.6 is 11.6 Å². The second-order valence-corrected chi connectivity index (χ2v) is 6.86. The average Bonchev–Trinajstić information content (AvgIpc) is 2.43. The fraction of sp³-hybridized carbons (Fsp3) is 0.133. The zero-order valence-corrected chi connectivity index (χ0v) is 13.5. The van der Waals surface area contributed by atoms with Crippen molar-refractivity contribution in [2.75, 3.05) is 4.72 Å². The fourth-order valence-electron chi connectivity index (χ4n) is 1.94. The molecule has 0 bridgehead atoms. The van der Waals surface area contributed by atoms with E-state index in [-0.39, 0.29) is 10.5 Å². The van der Waals surface area contributed by atoms with Crippen molar-refractivity contribution in [1.29, 1.82) is 0 Å². The molecule has 0 saturated carbocycles. The van der Waals surface area contributed by atoms with Crippen LogP contribution in [0, 0.1) is 13.8 Å². The number of anilines is 1. The molecule has 0 unspecified atom stereocenters. The van der Waals surface area contributed by atoms with Gasteiger partial charge in [-0.2, -0.15) is 0 Å². The van der Waals surface area contributed by atoms with Crippen LogP contribution in [-0.4, -0.2) is 19.5 Å². The summed E-state index contributed by atoms with van der Waals surface area (Å²) in [6.45, 7) is 3.30. The molecule has 0 fully saturated rings. The average molecular weight is 340 g/mol. The van der Waals surface area contributed by atoms with Gasteiger partial charge < -0.3 is 5.11 Å². The molecule has 0 atom stereocenters. The van der Waals surface area contributed by atoms with Crippen molar-refractivity contribution in [3.63, 3.8) is 0 Å². The van der Waals surface area contributed by atoms with E-state index in [1.807, 2.05) is 0 Å². The van der Waals surface area contributed by atoms with Gasteiger partial charge in [0.15, 0.2) is 0 Å². The number of hydrogen-bond donors (Lipinski definition) is 2. The van der Waals surface area contributed by atoms with Gasteiger partial charge in [0, 0.05) is 5.02 Å². The number of nitrogens with one attached hydrogen (secondary N) is 1. The largest absolute Gasteiger partial charge is 0.478 e. The van der Waals surface area contributed by atoms with E-state index in [1.165, 1.54) is 12.1 Å². The highest BCUT2D eigenvalue weighted by atomic mass is 35.5.